The predicted molar refractivity (Wildman–Crippen MR) is 122 cm³/mol. The van der Waals surface area contributed by atoms with Crippen molar-refractivity contribution in [3.8, 4) is 11.4 Å². The molecule has 0 N–H and O–H groups in total. The summed E-state index contributed by atoms with van der Waals surface area (Å²) in [6.07, 6.45) is 6.96. The van der Waals surface area contributed by atoms with E-state index < -0.39 is 0 Å². The van der Waals surface area contributed by atoms with E-state index in [0.29, 0.717) is 18.4 Å². The summed E-state index contributed by atoms with van der Waals surface area (Å²) >= 11 is 0. The highest BCUT2D eigenvalue weighted by Crippen LogP contribution is 2.43. The van der Waals surface area contributed by atoms with E-state index in [9.17, 15) is 4.79 Å². The van der Waals surface area contributed by atoms with Crippen molar-refractivity contribution in [2.45, 2.75) is 38.8 Å². The molecule has 1 aromatic carbocycles. The van der Waals surface area contributed by atoms with Gasteiger partial charge in [-0.05, 0) is 56.1 Å². The molecule has 0 aliphatic carbocycles. The molecular weight excluding hydrogens is 402 g/mol. The van der Waals surface area contributed by atoms with E-state index in [1.807, 2.05) is 43.5 Å². The Morgan fingerprint density at radius 2 is 2.09 bits per heavy atom. The summed E-state index contributed by atoms with van der Waals surface area (Å²) in [5.41, 5.74) is 4.80. The smallest absolute Gasteiger partial charge is 0.258 e. The molecule has 162 valence electrons. The van der Waals surface area contributed by atoms with Gasteiger partial charge in [-0.1, -0.05) is 6.07 Å². The third-order valence-electron chi connectivity index (χ3n) is 6.64. The second kappa shape index (κ2) is 7.64. The molecule has 0 bridgehead atoms. The normalized spacial score (nSPS) is 18.0. The van der Waals surface area contributed by atoms with E-state index >= 15 is 0 Å². The SMILES string of the molecule is Cc1ccc(COc2ccn(-c3ccc4c5c(oc4c3)CCN3CCCC53)c(=O)c2)nc1. The molecule has 5 heterocycles. The van der Waals surface area contributed by atoms with Gasteiger partial charge in [-0.15, -0.1) is 0 Å². The lowest BCUT2D eigenvalue weighted by Gasteiger charge is -2.28. The van der Waals surface area contributed by atoms with Crippen LogP contribution in [0.1, 0.15) is 41.5 Å². The summed E-state index contributed by atoms with van der Waals surface area (Å²) in [6.45, 7) is 4.57. The first-order chi connectivity index (χ1) is 15.7. The molecule has 1 unspecified atom stereocenters. The molecule has 1 atom stereocenters. The zero-order valence-electron chi connectivity index (χ0n) is 18.1. The highest BCUT2D eigenvalue weighted by Gasteiger charge is 2.34. The van der Waals surface area contributed by atoms with Gasteiger partial charge in [-0.2, -0.15) is 0 Å². The second-order valence-electron chi connectivity index (χ2n) is 8.75. The Labute approximate surface area is 186 Å². The van der Waals surface area contributed by atoms with E-state index in [4.69, 9.17) is 9.15 Å². The first-order valence-electron chi connectivity index (χ1n) is 11.2. The van der Waals surface area contributed by atoms with Crippen LogP contribution >= 0.6 is 0 Å². The van der Waals surface area contributed by atoms with Gasteiger partial charge >= 0.3 is 0 Å². The Kier molecular flexibility index (Phi) is 4.61. The largest absolute Gasteiger partial charge is 0.487 e. The van der Waals surface area contributed by atoms with Crippen LogP contribution in [0, 0.1) is 6.92 Å². The number of ether oxygens (including phenoxy) is 1. The highest BCUT2D eigenvalue weighted by atomic mass is 16.5. The summed E-state index contributed by atoms with van der Waals surface area (Å²) in [7, 11) is 0. The monoisotopic (exact) mass is 427 g/mol. The van der Waals surface area contributed by atoms with Crippen LogP contribution in [0.5, 0.6) is 5.75 Å². The first kappa shape index (κ1) is 19.3. The number of aryl methyl sites for hydroxylation is 1. The molecular formula is C26H25N3O3. The molecule has 32 heavy (non-hydrogen) atoms. The number of fused-ring (bicyclic) bond motifs is 5. The summed E-state index contributed by atoms with van der Waals surface area (Å²) in [5, 5.41) is 1.18. The molecule has 0 spiro atoms. The Bertz CT molecular complexity index is 1350. The van der Waals surface area contributed by atoms with Crippen LogP contribution in [0.15, 0.2) is 64.1 Å². The van der Waals surface area contributed by atoms with Crippen LogP contribution in [0.4, 0.5) is 0 Å². The number of hydrogen-bond acceptors (Lipinski definition) is 5. The molecule has 2 aliphatic heterocycles. The van der Waals surface area contributed by atoms with Gasteiger partial charge in [-0.25, -0.2) is 0 Å². The topological polar surface area (TPSA) is 60.5 Å². The third kappa shape index (κ3) is 3.31. The fourth-order valence-corrected chi connectivity index (χ4v) is 5.03. The summed E-state index contributed by atoms with van der Waals surface area (Å²) in [6, 6.07) is 13.8. The molecule has 1 saturated heterocycles. The fourth-order valence-electron chi connectivity index (χ4n) is 5.03. The quantitative estimate of drug-likeness (QED) is 0.478. The van der Waals surface area contributed by atoms with Gasteiger partial charge in [0.1, 0.15) is 23.7 Å². The molecule has 4 aromatic rings. The van der Waals surface area contributed by atoms with Crippen LogP contribution in [0.25, 0.3) is 16.7 Å². The average molecular weight is 428 g/mol. The Morgan fingerprint density at radius 3 is 2.94 bits per heavy atom. The summed E-state index contributed by atoms with van der Waals surface area (Å²) in [5.74, 6) is 1.64. The minimum Gasteiger partial charge on any atom is -0.487 e. The lowest BCUT2D eigenvalue weighted by Crippen LogP contribution is -2.30. The van der Waals surface area contributed by atoms with Crippen LogP contribution in [-0.4, -0.2) is 27.5 Å². The van der Waals surface area contributed by atoms with Crippen molar-refractivity contribution in [3.63, 3.8) is 0 Å². The zero-order chi connectivity index (χ0) is 21.7. The fraction of sp³-hybridized carbons (Fsp3) is 0.308. The van der Waals surface area contributed by atoms with Crippen molar-refractivity contribution in [1.29, 1.82) is 0 Å². The molecule has 6 heteroatoms. The van der Waals surface area contributed by atoms with Crippen LogP contribution in [0.3, 0.4) is 0 Å². The van der Waals surface area contributed by atoms with E-state index in [1.165, 1.54) is 36.4 Å². The van der Waals surface area contributed by atoms with Gasteiger partial charge in [-0.3, -0.25) is 19.2 Å². The maximum absolute atomic E-state index is 12.8. The Hall–Kier alpha value is -3.38. The summed E-state index contributed by atoms with van der Waals surface area (Å²) in [4.78, 5) is 19.7. The molecule has 1 fully saturated rings. The first-order valence-corrected chi connectivity index (χ1v) is 11.2. The second-order valence-corrected chi connectivity index (χ2v) is 8.75. The van der Waals surface area contributed by atoms with Crippen molar-refractivity contribution < 1.29 is 9.15 Å². The van der Waals surface area contributed by atoms with Gasteiger partial charge in [0.15, 0.2) is 0 Å². The lowest BCUT2D eigenvalue weighted by molar-refractivity contribution is 0.233. The minimum atomic E-state index is -0.142. The maximum atomic E-state index is 12.8. The Morgan fingerprint density at radius 1 is 1.16 bits per heavy atom. The van der Waals surface area contributed by atoms with Crippen molar-refractivity contribution in [2.24, 2.45) is 0 Å². The van der Waals surface area contributed by atoms with E-state index in [1.54, 1.807) is 10.8 Å². The summed E-state index contributed by atoms with van der Waals surface area (Å²) < 4.78 is 13.6. The molecule has 0 saturated carbocycles. The van der Waals surface area contributed by atoms with Gasteiger partial charge in [0.2, 0.25) is 0 Å². The molecule has 6 rings (SSSR count). The van der Waals surface area contributed by atoms with Gasteiger partial charge in [0, 0.05) is 54.5 Å². The van der Waals surface area contributed by atoms with Gasteiger partial charge in [0.25, 0.3) is 5.56 Å². The number of furan rings is 1. The number of rotatable bonds is 4. The van der Waals surface area contributed by atoms with Gasteiger partial charge in [0.05, 0.1) is 11.4 Å². The van der Waals surface area contributed by atoms with Crippen molar-refractivity contribution in [2.75, 3.05) is 13.1 Å². The van der Waals surface area contributed by atoms with Crippen LogP contribution < -0.4 is 10.3 Å². The third-order valence-corrected chi connectivity index (χ3v) is 6.64. The number of benzene rings is 1. The van der Waals surface area contributed by atoms with E-state index in [0.717, 1.165) is 41.3 Å². The highest BCUT2D eigenvalue weighted by molar-refractivity contribution is 5.85. The van der Waals surface area contributed by atoms with E-state index in [2.05, 4.69) is 16.0 Å². The molecule has 0 amide bonds. The number of pyridine rings is 2. The zero-order valence-corrected chi connectivity index (χ0v) is 18.1. The van der Waals surface area contributed by atoms with Crippen molar-refractivity contribution in [3.05, 3.63) is 87.8 Å². The molecule has 0 radical (unpaired) electrons. The number of hydrogen-bond donors (Lipinski definition) is 0. The van der Waals surface area contributed by atoms with Gasteiger partial charge < -0.3 is 9.15 Å². The Balaban J connectivity index is 1.27. The van der Waals surface area contributed by atoms with Crippen LogP contribution in [-0.2, 0) is 13.0 Å². The lowest BCUT2D eigenvalue weighted by atomic mass is 9.96. The molecule has 3 aromatic heterocycles. The number of aromatic nitrogens is 2. The maximum Gasteiger partial charge on any atom is 0.258 e. The molecule has 2 aliphatic rings. The van der Waals surface area contributed by atoms with Crippen molar-refractivity contribution in [1.82, 2.24) is 14.5 Å². The number of nitrogens with zero attached hydrogens (tertiary/aromatic N) is 3. The van der Waals surface area contributed by atoms with Crippen molar-refractivity contribution >= 4 is 11.0 Å². The standard InChI is InChI=1S/C26H25N3O3/c1-17-4-5-18(27-15-17)16-31-20-8-12-29(25(30)14-20)19-6-7-21-24(13-19)32-23-9-11-28-10-2-3-22(28)26(21)23/h4-8,12-15,22H,2-3,9-11,16H2,1H3. The molecule has 6 nitrogen and oxygen atoms in total. The predicted octanol–water partition coefficient (Wildman–Crippen LogP) is 4.56. The van der Waals surface area contributed by atoms with Crippen LogP contribution in [0.2, 0.25) is 0 Å². The van der Waals surface area contributed by atoms with E-state index in [-0.39, 0.29) is 5.56 Å². The average Bonchev–Trinajstić information content (AvgIpc) is 3.42. The minimum absolute atomic E-state index is 0.142.